The van der Waals surface area contributed by atoms with Gasteiger partial charge in [-0.3, -0.25) is 19.2 Å². The molecule has 31 heavy (non-hydrogen) atoms. The fourth-order valence-corrected chi connectivity index (χ4v) is 6.32. The van der Waals surface area contributed by atoms with Gasteiger partial charge in [-0.1, -0.05) is 56.1 Å². The molecule has 0 radical (unpaired) electrons. The van der Waals surface area contributed by atoms with E-state index < -0.39 is 0 Å². The molecule has 0 saturated heterocycles. The van der Waals surface area contributed by atoms with E-state index in [0.29, 0.717) is 33.0 Å². The van der Waals surface area contributed by atoms with E-state index in [-0.39, 0.29) is 18.0 Å². The Morgan fingerprint density at radius 2 is 1.10 bits per heavy atom. The third kappa shape index (κ3) is 2.24. The Morgan fingerprint density at radius 1 is 0.613 bits per heavy atom. The van der Waals surface area contributed by atoms with Crippen molar-refractivity contribution in [2.45, 2.75) is 6.42 Å². The van der Waals surface area contributed by atoms with Crippen LogP contribution < -0.4 is 0 Å². The summed E-state index contributed by atoms with van der Waals surface area (Å²) in [6, 6.07) is 10.7. The lowest BCUT2D eigenvalue weighted by atomic mass is 9.80. The second-order valence-corrected chi connectivity index (χ2v) is 9.43. The summed E-state index contributed by atoms with van der Waals surface area (Å²) in [6.07, 6.45) is 1.37. The van der Waals surface area contributed by atoms with Crippen molar-refractivity contribution in [3.05, 3.63) is 67.6 Å². The van der Waals surface area contributed by atoms with Crippen molar-refractivity contribution in [1.82, 2.24) is 0 Å². The Bertz CT molecular complexity index is 1580. The van der Waals surface area contributed by atoms with Crippen LogP contribution in [0, 0.1) is 0 Å². The summed E-state index contributed by atoms with van der Waals surface area (Å²) in [7, 11) is 0. The first-order chi connectivity index (χ1) is 15.0. The molecule has 0 amide bonds. The predicted octanol–water partition coefficient (Wildman–Crippen LogP) is 6.66. The SMILES string of the molecule is O=Cc1ccc2c3c(Br)cc4c5c(cc(Br)c(c6ccc(C=O)c1c26)c53)C(=O)CC4=O. The zero-order valence-corrected chi connectivity index (χ0v) is 18.9. The Labute approximate surface area is 191 Å². The Balaban J connectivity index is 2.05. The maximum Gasteiger partial charge on any atom is 0.171 e. The van der Waals surface area contributed by atoms with Crippen molar-refractivity contribution < 1.29 is 19.2 Å². The molecule has 4 nitrogen and oxygen atoms in total. The summed E-state index contributed by atoms with van der Waals surface area (Å²) in [4.78, 5) is 49.0. The third-order valence-electron chi connectivity index (χ3n) is 6.25. The lowest BCUT2D eigenvalue weighted by Gasteiger charge is -2.23. The fraction of sp³-hybridized carbons (Fsp3) is 0.0400. The quantitative estimate of drug-likeness (QED) is 0.110. The lowest BCUT2D eigenvalue weighted by molar-refractivity contribution is 0.0889. The molecule has 1 aliphatic rings. The van der Waals surface area contributed by atoms with Crippen LogP contribution in [-0.4, -0.2) is 24.1 Å². The zero-order chi connectivity index (χ0) is 21.6. The van der Waals surface area contributed by atoms with Gasteiger partial charge in [-0.15, -0.1) is 0 Å². The molecule has 1 aliphatic carbocycles. The summed E-state index contributed by atoms with van der Waals surface area (Å²) in [6.45, 7) is 0. The van der Waals surface area contributed by atoms with Gasteiger partial charge in [0.2, 0.25) is 0 Å². The van der Waals surface area contributed by atoms with Gasteiger partial charge >= 0.3 is 0 Å². The molecule has 0 atom stereocenters. The smallest absolute Gasteiger partial charge is 0.171 e. The van der Waals surface area contributed by atoms with Gasteiger partial charge < -0.3 is 0 Å². The van der Waals surface area contributed by atoms with Crippen LogP contribution in [0.4, 0.5) is 0 Å². The second kappa shape index (κ2) is 6.28. The van der Waals surface area contributed by atoms with Gasteiger partial charge in [0.1, 0.15) is 0 Å². The summed E-state index contributed by atoms with van der Waals surface area (Å²) >= 11 is 7.30. The number of Topliss-reactive ketones (excluding diaryl/α,β-unsaturated/α-hetero) is 2. The van der Waals surface area contributed by atoms with Crippen LogP contribution in [0.5, 0.6) is 0 Å². The van der Waals surface area contributed by atoms with E-state index in [1.54, 1.807) is 24.3 Å². The average molecular weight is 534 g/mol. The predicted molar refractivity (Wildman–Crippen MR) is 127 cm³/mol. The van der Waals surface area contributed by atoms with E-state index in [9.17, 15) is 19.2 Å². The number of fused-ring (bicyclic) bond motifs is 2. The minimum absolute atomic E-state index is 0.142. The third-order valence-corrected chi connectivity index (χ3v) is 7.50. The summed E-state index contributed by atoms with van der Waals surface area (Å²) in [5.74, 6) is -0.386. The van der Waals surface area contributed by atoms with Gasteiger partial charge in [0, 0.05) is 58.1 Å². The highest BCUT2D eigenvalue weighted by Crippen LogP contribution is 2.49. The molecule has 0 aliphatic heterocycles. The van der Waals surface area contributed by atoms with Gasteiger partial charge in [0.25, 0.3) is 0 Å². The standard InChI is InChI=1S/C25H10Br2O4/c26-16-5-14-18(30)7-19(31)15-6-17(27)24-13-4-2-11(9-29)20-10(8-28)1-3-12(21(13)20)23(16)25(24)22(14)15/h1-6,8-9H,7H2. The average Bonchev–Trinajstić information content (AvgIpc) is 2.76. The van der Waals surface area contributed by atoms with E-state index in [1.165, 1.54) is 0 Å². The maximum absolute atomic E-state index is 12.7. The van der Waals surface area contributed by atoms with Crippen molar-refractivity contribution in [2.24, 2.45) is 0 Å². The second-order valence-electron chi connectivity index (χ2n) is 7.73. The Kier molecular flexibility index (Phi) is 3.80. The number of carbonyl (C=O) groups excluding carboxylic acids is 4. The fourth-order valence-electron chi connectivity index (χ4n) is 5.04. The number of hydrogen-bond acceptors (Lipinski definition) is 4. The number of hydrogen-bond donors (Lipinski definition) is 0. The molecule has 0 saturated carbocycles. The number of carbonyl (C=O) groups is 4. The van der Waals surface area contributed by atoms with Crippen molar-refractivity contribution in [2.75, 3.05) is 0 Å². The molecular formula is C25H10Br2O4. The molecular weight excluding hydrogens is 524 g/mol. The largest absolute Gasteiger partial charge is 0.298 e. The number of aldehydes is 2. The normalized spacial score (nSPS) is 13.7. The van der Waals surface area contributed by atoms with Crippen LogP contribution in [0.25, 0.3) is 43.1 Å². The van der Waals surface area contributed by atoms with Crippen LogP contribution >= 0.6 is 31.9 Å². The molecule has 0 aromatic heterocycles. The van der Waals surface area contributed by atoms with Crippen molar-refractivity contribution in [1.29, 1.82) is 0 Å². The zero-order valence-electron chi connectivity index (χ0n) is 15.7. The number of rotatable bonds is 2. The highest BCUT2D eigenvalue weighted by molar-refractivity contribution is 9.11. The van der Waals surface area contributed by atoms with Gasteiger partial charge in [-0.2, -0.15) is 0 Å². The summed E-state index contributed by atoms with van der Waals surface area (Å²) < 4.78 is 1.45. The number of benzene rings is 5. The van der Waals surface area contributed by atoms with Crippen molar-refractivity contribution in [3.8, 4) is 0 Å². The topological polar surface area (TPSA) is 68.3 Å². The Morgan fingerprint density at radius 3 is 1.55 bits per heavy atom. The summed E-state index contributed by atoms with van der Waals surface area (Å²) in [5, 5.41) is 6.27. The van der Waals surface area contributed by atoms with Crippen LogP contribution in [0.3, 0.4) is 0 Å². The molecule has 0 spiro atoms. The molecule has 5 aromatic rings. The van der Waals surface area contributed by atoms with E-state index in [0.717, 1.165) is 53.8 Å². The van der Waals surface area contributed by atoms with Crippen LogP contribution in [0.15, 0.2) is 45.3 Å². The van der Waals surface area contributed by atoms with Crippen LogP contribution in [-0.2, 0) is 0 Å². The first-order valence-corrected chi connectivity index (χ1v) is 11.1. The highest BCUT2D eigenvalue weighted by atomic mass is 79.9. The maximum atomic E-state index is 12.7. The van der Waals surface area contributed by atoms with Gasteiger partial charge in [0.05, 0.1) is 6.42 Å². The first-order valence-electron chi connectivity index (χ1n) is 9.52. The van der Waals surface area contributed by atoms with Crippen molar-refractivity contribution in [3.63, 3.8) is 0 Å². The first kappa shape index (κ1) is 18.8. The van der Waals surface area contributed by atoms with E-state index in [1.807, 2.05) is 12.1 Å². The number of ketones is 2. The highest BCUT2D eigenvalue weighted by Gasteiger charge is 2.30. The van der Waals surface area contributed by atoms with Gasteiger partial charge in [-0.25, -0.2) is 0 Å². The molecule has 0 N–H and O–H groups in total. The lowest BCUT2D eigenvalue weighted by Crippen LogP contribution is -2.16. The van der Waals surface area contributed by atoms with Crippen LogP contribution in [0.2, 0.25) is 0 Å². The Hall–Kier alpha value is -2.96. The molecule has 5 aromatic carbocycles. The molecule has 0 unspecified atom stereocenters. The molecule has 6 rings (SSSR count). The molecule has 148 valence electrons. The molecule has 0 bridgehead atoms. The monoisotopic (exact) mass is 532 g/mol. The van der Waals surface area contributed by atoms with Gasteiger partial charge in [0.15, 0.2) is 24.1 Å². The van der Waals surface area contributed by atoms with Gasteiger partial charge in [-0.05, 0) is 28.3 Å². The van der Waals surface area contributed by atoms with Crippen molar-refractivity contribution >= 4 is 99.1 Å². The summed E-state index contributed by atoms with van der Waals surface area (Å²) in [5.41, 5.74) is 1.94. The molecule has 0 heterocycles. The van der Waals surface area contributed by atoms with E-state index in [4.69, 9.17) is 0 Å². The molecule has 0 fully saturated rings. The van der Waals surface area contributed by atoms with E-state index in [2.05, 4.69) is 31.9 Å². The van der Waals surface area contributed by atoms with E-state index >= 15 is 0 Å². The van der Waals surface area contributed by atoms with Crippen LogP contribution in [0.1, 0.15) is 47.9 Å². The minimum Gasteiger partial charge on any atom is -0.298 e. The molecule has 6 heteroatoms. The minimum atomic E-state index is -0.193. The number of halogens is 2.